The Hall–Kier alpha value is -3.06. The highest BCUT2D eigenvalue weighted by Gasteiger charge is 2.04. The second-order valence-electron chi connectivity index (χ2n) is 6.58. The predicted octanol–water partition coefficient (Wildman–Crippen LogP) is 3.19. The second kappa shape index (κ2) is 11.7. The van der Waals surface area contributed by atoms with E-state index in [1.165, 1.54) is 11.1 Å². The minimum Gasteiger partial charge on any atom is -0.467 e. The zero-order chi connectivity index (χ0) is 20.2. The molecule has 3 aromatic rings. The summed E-state index contributed by atoms with van der Waals surface area (Å²) in [5, 5.41) is 11.0. The van der Waals surface area contributed by atoms with Gasteiger partial charge >= 0.3 is 0 Å². The second-order valence-corrected chi connectivity index (χ2v) is 6.58. The predicted molar refractivity (Wildman–Crippen MR) is 114 cm³/mol. The van der Waals surface area contributed by atoms with Gasteiger partial charge in [0.05, 0.1) is 19.4 Å². The number of hydrogen-bond donors (Lipinski definition) is 2. The molecule has 2 N–H and O–H groups in total. The standard InChI is InChI=1S/C22H29N5O2/c1-2-23-22(24-11-7-14-28-18-21-10-5-15-29-21)25-16-19-8-3-4-9-20(19)17-27-13-6-12-26-27/h3-6,8-10,12-13,15H,2,7,11,14,16-18H2,1H3,(H2,23,24,25). The van der Waals surface area contributed by atoms with Gasteiger partial charge in [0, 0.05) is 32.1 Å². The minimum absolute atomic E-state index is 0.508. The summed E-state index contributed by atoms with van der Waals surface area (Å²) in [5.41, 5.74) is 2.42. The molecule has 7 nitrogen and oxygen atoms in total. The average Bonchev–Trinajstić information content (AvgIpc) is 3.44. The SMILES string of the molecule is CCNC(=NCc1ccccc1Cn1cccn1)NCCCOCc1ccco1. The lowest BCUT2D eigenvalue weighted by Crippen LogP contribution is -2.38. The van der Waals surface area contributed by atoms with Crippen molar-refractivity contribution in [2.45, 2.75) is 33.0 Å². The van der Waals surface area contributed by atoms with Crippen molar-refractivity contribution in [2.24, 2.45) is 4.99 Å². The molecule has 154 valence electrons. The van der Waals surface area contributed by atoms with E-state index in [-0.39, 0.29) is 0 Å². The number of nitrogens with zero attached hydrogens (tertiary/aromatic N) is 3. The molecule has 0 saturated carbocycles. The third-order valence-electron chi connectivity index (χ3n) is 4.34. The molecule has 1 aromatic carbocycles. The fraction of sp³-hybridized carbons (Fsp3) is 0.364. The summed E-state index contributed by atoms with van der Waals surface area (Å²) in [5.74, 6) is 1.66. The molecule has 0 atom stereocenters. The highest BCUT2D eigenvalue weighted by atomic mass is 16.5. The molecule has 0 bridgehead atoms. The van der Waals surface area contributed by atoms with Crippen molar-refractivity contribution in [3.8, 4) is 0 Å². The van der Waals surface area contributed by atoms with E-state index in [9.17, 15) is 0 Å². The molecule has 0 aliphatic rings. The Balaban J connectivity index is 1.46. The van der Waals surface area contributed by atoms with Gasteiger partial charge in [-0.2, -0.15) is 5.10 Å². The van der Waals surface area contributed by atoms with Crippen LogP contribution in [0.15, 0.2) is 70.5 Å². The fourth-order valence-corrected chi connectivity index (χ4v) is 2.89. The van der Waals surface area contributed by atoms with E-state index in [2.05, 4.69) is 40.9 Å². The molecule has 3 rings (SSSR count). The molecule has 0 aliphatic carbocycles. The molecule has 7 heteroatoms. The minimum atomic E-state index is 0.508. The van der Waals surface area contributed by atoms with E-state index in [0.717, 1.165) is 37.8 Å². The van der Waals surface area contributed by atoms with Crippen LogP contribution >= 0.6 is 0 Å². The number of aliphatic imine (C=N–C) groups is 1. The summed E-state index contributed by atoms with van der Waals surface area (Å²) in [6.45, 7) is 6.20. The van der Waals surface area contributed by atoms with E-state index in [1.807, 2.05) is 35.1 Å². The lowest BCUT2D eigenvalue weighted by Gasteiger charge is -2.12. The van der Waals surface area contributed by atoms with Crippen LogP contribution in [-0.2, 0) is 24.4 Å². The number of guanidine groups is 1. The summed E-state index contributed by atoms with van der Waals surface area (Å²) in [6, 6.07) is 14.1. The van der Waals surface area contributed by atoms with Crippen LogP contribution in [0.4, 0.5) is 0 Å². The van der Waals surface area contributed by atoms with E-state index >= 15 is 0 Å². The van der Waals surface area contributed by atoms with Crippen LogP contribution in [0.2, 0.25) is 0 Å². The maximum Gasteiger partial charge on any atom is 0.191 e. The van der Waals surface area contributed by atoms with Crippen molar-refractivity contribution in [3.63, 3.8) is 0 Å². The molecule has 0 aliphatic heterocycles. The van der Waals surface area contributed by atoms with E-state index < -0.39 is 0 Å². The van der Waals surface area contributed by atoms with Crippen LogP contribution in [0.25, 0.3) is 0 Å². The number of benzene rings is 1. The number of aromatic nitrogens is 2. The lowest BCUT2D eigenvalue weighted by atomic mass is 10.1. The molecular weight excluding hydrogens is 366 g/mol. The number of nitrogens with one attached hydrogen (secondary N) is 2. The molecule has 0 unspecified atom stereocenters. The zero-order valence-electron chi connectivity index (χ0n) is 16.9. The molecule has 2 heterocycles. The highest BCUT2D eigenvalue weighted by Crippen LogP contribution is 2.11. The summed E-state index contributed by atoms with van der Waals surface area (Å²) in [6.07, 6.45) is 6.32. The van der Waals surface area contributed by atoms with Gasteiger partial charge in [-0.3, -0.25) is 4.68 Å². The quantitative estimate of drug-likeness (QED) is 0.296. The summed E-state index contributed by atoms with van der Waals surface area (Å²) >= 11 is 0. The van der Waals surface area contributed by atoms with Gasteiger partial charge in [0.25, 0.3) is 0 Å². The molecular formula is C22H29N5O2. The largest absolute Gasteiger partial charge is 0.467 e. The van der Waals surface area contributed by atoms with Crippen LogP contribution in [0.5, 0.6) is 0 Å². The van der Waals surface area contributed by atoms with Gasteiger partial charge in [-0.15, -0.1) is 0 Å². The van der Waals surface area contributed by atoms with Crippen molar-refractivity contribution < 1.29 is 9.15 Å². The van der Waals surface area contributed by atoms with Crippen LogP contribution in [-0.4, -0.2) is 35.4 Å². The van der Waals surface area contributed by atoms with Crippen LogP contribution in [0, 0.1) is 0 Å². The van der Waals surface area contributed by atoms with Gasteiger partial charge < -0.3 is 19.8 Å². The van der Waals surface area contributed by atoms with Crippen molar-refractivity contribution in [2.75, 3.05) is 19.7 Å². The third kappa shape index (κ3) is 7.12. The Labute approximate surface area is 171 Å². The molecule has 2 aromatic heterocycles. The Morgan fingerprint density at radius 1 is 1.14 bits per heavy atom. The fourth-order valence-electron chi connectivity index (χ4n) is 2.89. The van der Waals surface area contributed by atoms with E-state index in [0.29, 0.717) is 19.8 Å². The first-order valence-electron chi connectivity index (χ1n) is 10.0. The maximum absolute atomic E-state index is 5.61. The molecule has 0 radical (unpaired) electrons. The Morgan fingerprint density at radius 2 is 2.03 bits per heavy atom. The summed E-state index contributed by atoms with van der Waals surface area (Å²) < 4.78 is 12.8. The van der Waals surface area contributed by atoms with Gasteiger partial charge in [-0.05, 0) is 42.7 Å². The van der Waals surface area contributed by atoms with Crippen LogP contribution in [0.1, 0.15) is 30.2 Å². The van der Waals surface area contributed by atoms with Crippen molar-refractivity contribution in [1.29, 1.82) is 0 Å². The number of furan rings is 1. The lowest BCUT2D eigenvalue weighted by molar-refractivity contribution is 0.105. The monoisotopic (exact) mass is 395 g/mol. The van der Waals surface area contributed by atoms with Crippen molar-refractivity contribution in [1.82, 2.24) is 20.4 Å². The van der Waals surface area contributed by atoms with Crippen molar-refractivity contribution >= 4 is 5.96 Å². The third-order valence-corrected chi connectivity index (χ3v) is 4.34. The zero-order valence-corrected chi connectivity index (χ0v) is 16.9. The van der Waals surface area contributed by atoms with Gasteiger partial charge in [-0.25, -0.2) is 4.99 Å². The van der Waals surface area contributed by atoms with Gasteiger partial charge in [0.15, 0.2) is 5.96 Å². The van der Waals surface area contributed by atoms with Crippen LogP contribution < -0.4 is 10.6 Å². The summed E-state index contributed by atoms with van der Waals surface area (Å²) in [4.78, 5) is 4.74. The molecule has 0 fully saturated rings. The summed E-state index contributed by atoms with van der Waals surface area (Å²) in [7, 11) is 0. The molecule has 0 spiro atoms. The van der Waals surface area contributed by atoms with E-state index in [1.54, 1.807) is 12.5 Å². The number of ether oxygens (including phenoxy) is 1. The van der Waals surface area contributed by atoms with Gasteiger partial charge in [-0.1, -0.05) is 24.3 Å². The molecule has 0 amide bonds. The first-order chi connectivity index (χ1) is 14.3. The van der Waals surface area contributed by atoms with E-state index in [4.69, 9.17) is 14.1 Å². The maximum atomic E-state index is 5.61. The first-order valence-corrected chi connectivity index (χ1v) is 10.0. The number of rotatable bonds is 11. The molecule has 0 saturated heterocycles. The topological polar surface area (TPSA) is 76.6 Å². The average molecular weight is 396 g/mol. The smallest absolute Gasteiger partial charge is 0.191 e. The Morgan fingerprint density at radius 3 is 2.79 bits per heavy atom. The van der Waals surface area contributed by atoms with Crippen LogP contribution in [0.3, 0.4) is 0 Å². The Kier molecular flexibility index (Phi) is 8.34. The van der Waals surface area contributed by atoms with Gasteiger partial charge in [0.2, 0.25) is 0 Å². The number of hydrogen-bond acceptors (Lipinski definition) is 4. The van der Waals surface area contributed by atoms with Gasteiger partial charge in [0.1, 0.15) is 12.4 Å². The van der Waals surface area contributed by atoms with Crippen molar-refractivity contribution in [3.05, 3.63) is 78.0 Å². The highest BCUT2D eigenvalue weighted by molar-refractivity contribution is 5.79. The normalized spacial score (nSPS) is 11.6. The Bertz CT molecular complexity index is 844. The molecule has 29 heavy (non-hydrogen) atoms. The first kappa shape index (κ1) is 20.7.